The van der Waals surface area contributed by atoms with Crippen LogP contribution in [0.2, 0.25) is 0 Å². The summed E-state index contributed by atoms with van der Waals surface area (Å²) in [6.07, 6.45) is 1.68. The SMILES string of the molecule is N#CC1=C(N)N(c2ccc(F)cc2)C2=C(C1c1ccco1)S(=O)(=O)CC2. The van der Waals surface area contributed by atoms with Crippen LogP contribution in [0, 0.1) is 17.1 Å². The van der Waals surface area contributed by atoms with Gasteiger partial charge >= 0.3 is 0 Å². The third kappa shape index (κ3) is 2.32. The summed E-state index contributed by atoms with van der Waals surface area (Å²) in [6, 6.07) is 10.8. The number of benzene rings is 1. The van der Waals surface area contributed by atoms with Crippen molar-refractivity contribution in [1.82, 2.24) is 0 Å². The normalized spacial score (nSPS) is 21.7. The number of hydrogen-bond donors (Lipinski definition) is 1. The first kappa shape index (κ1) is 16.4. The summed E-state index contributed by atoms with van der Waals surface area (Å²) in [5.74, 6) is -0.888. The van der Waals surface area contributed by atoms with Crippen molar-refractivity contribution in [3.05, 3.63) is 76.2 Å². The zero-order chi connectivity index (χ0) is 18.5. The van der Waals surface area contributed by atoms with Gasteiger partial charge in [0, 0.05) is 17.8 Å². The maximum Gasteiger partial charge on any atom is 0.177 e. The molecule has 26 heavy (non-hydrogen) atoms. The van der Waals surface area contributed by atoms with E-state index in [0.717, 1.165) is 0 Å². The van der Waals surface area contributed by atoms with Crippen LogP contribution in [0.3, 0.4) is 0 Å². The molecule has 0 amide bonds. The lowest BCUT2D eigenvalue weighted by molar-refractivity contribution is 0.500. The van der Waals surface area contributed by atoms with Crippen molar-refractivity contribution in [2.75, 3.05) is 10.7 Å². The van der Waals surface area contributed by atoms with Gasteiger partial charge in [-0.15, -0.1) is 0 Å². The molecular formula is C18H14FN3O3S. The molecule has 0 spiro atoms. The van der Waals surface area contributed by atoms with Crippen LogP contribution in [-0.2, 0) is 9.84 Å². The van der Waals surface area contributed by atoms with E-state index in [0.29, 0.717) is 17.1 Å². The van der Waals surface area contributed by atoms with Crippen LogP contribution in [0.15, 0.2) is 69.1 Å². The Hall–Kier alpha value is -3.05. The predicted octanol–water partition coefficient (Wildman–Crippen LogP) is 2.75. The lowest BCUT2D eigenvalue weighted by atomic mass is 9.91. The molecule has 0 saturated carbocycles. The third-order valence-electron chi connectivity index (χ3n) is 4.60. The van der Waals surface area contributed by atoms with E-state index in [-0.39, 0.29) is 28.5 Å². The topological polar surface area (TPSA) is 100 Å². The van der Waals surface area contributed by atoms with Gasteiger partial charge in [-0.3, -0.25) is 4.90 Å². The van der Waals surface area contributed by atoms with Crippen molar-refractivity contribution >= 4 is 15.5 Å². The molecule has 1 unspecified atom stereocenters. The van der Waals surface area contributed by atoms with E-state index in [1.807, 2.05) is 6.07 Å². The smallest absolute Gasteiger partial charge is 0.177 e. The third-order valence-corrected chi connectivity index (χ3v) is 6.48. The number of sulfone groups is 1. The van der Waals surface area contributed by atoms with E-state index >= 15 is 0 Å². The van der Waals surface area contributed by atoms with Gasteiger partial charge in [0.15, 0.2) is 9.84 Å². The molecule has 1 aromatic carbocycles. The summed E-state index contributed by atoms with van der Waals surface area (Å²) in [7, 11) is -3.57. The number of allylic oxidation sites excluding steroid dienone is 3. The van der Waals surface area contributed by atoms with Crippen molar-refractivity contribution in [2.45, 2.75) is 12.3 Å². The van der Waals surface area contributed by atoms with E-state index in [2.05, 4.69) is 0 Å². The Kier molecular flexibility index (Phi) is 3.63. The van der Waals surface area contributed by atoms with Gasteiger partial charge in [0.2, 0.25) is 0 Å². The Bertz CT molecular complexity index is 1080. The van der Waals surface area contributed by atoms with Gasteiger partial charge in [-0.1, -0.05) is 0 Å². The Labute approximate surface area is 149 Å². The zero-order valence-electron chi connectivity index (χ0n) is 13.5. The minimum atomic E-state index is -3.57. The average molecular weight is 371 g/mol. The molecule has 2 aromatic rings. The molecule has 0 fully saturated rings. The maximum absolute atomic E-state index is 13.3. The zero-order valence-corrected chi connectivity index (χ0v) is 14.3. The molecule has 0 aliphatic carbocycles. The molecular weight excluding hydrogens is 357 g/mol. The fourth-order valence-electron chi connectivity index (χ4n) is 3.49. The van der Waals surface area contributed by atoms with Gasteiger partial charge < -0.3 is 10.2 Å². The number of furan rings is 1. The summed E-state index contributed by atoms with van der Waals surface area (Å²) < 4.78 is 44.2. The second kappa shape index (κ2) is 5.75. The molecule has 4 rings (SSSR count). The highest BCUT2D eigenvalue weighted by Crippen LogP contribution is 2.48. The van der Waals surface area contributed by atoms with Crippen LogP contribution in [-0.4, -0.2) is 14.2 Å². The molecule has 8 heteroatoms. The summed E-state index contributed by atoms with van der Waals surface area (Å²) in [4.78, 5) is 1.65. The number of nitrogens with zero attached hydrogens (tertiary/aromatic N) is 2. The van der Waals surface area contributed by atoms with Crippen LogP contribution < -0.4 is 10.6 Å². The summed E-state index contributed by atoms with van der Waals surface area (Å²) in [6.45, 7) is 0. The molecule has 132 valence electrons. The number of nitrogens with two attached hydrogens (primary N) is 1. The van der Waals surface area contributed by atoms with E-state index < -0.39 is 21.6 Å². The minimum absolute atomic E-state index is 0.0709. The van der Waals surface area contributed by atoms with Crippen LogP contribution in [0.25, 0.3) is 0 Å². The molecule has 0 saturated heterocycles. The summed E-state index contributed by atoms with van der Waals surface area (Å²) in [5, 5.41) is 9.70. The Morgan fingerprint density at radius 3 is 2.62 bits per heavy atom. The van der Waals surface area contributed by atoms with Crippen molar-refractivity contribution in [3.63, 3.8) is 0 Å². The number of rotatable bonds is 2. The molecule has 1 aromatic heterocycles. The van der Waals surface area contributed by atoms with E-state index in [9.17, 15) is 18.1 Å². The van der Waals surface area contributed by atoms with Crippen molar-refractivity contribution < 1.29 is 17.2 Å². The van der Waals surface area contributed by atoms with Gasteiger partial charge in [0.05, 0.1) is 34.5 Å². The molecule has 1 atom stereocenters. The Morgan fingerprint density at radius 2 is 2.00 bits per heavy atom. The summed E-state index contributed by atoms with van der Waals surface area (Å²) in [5.41, 5.74) is 7.35. The van der Waals surface area contributed by atoms with Gasteiger partial charge in [-0.05, 0) is 36.4 Å². The highest BCUT2D eigenvalue weighted by molar-refractivity contribution is 7.95. The fourth-order valence-corrected chi connectivity index (χ4v) is 5.32. The Balaban J connectivity index is 1.99. The second-order valence-electron chi connectivity index (χ2n) is 6.05. The van der Waals surface area contributed by atoms with Crippen molar-refractivity contribution in [3.8, 4) is 6.07 Å². The van der Waals surface area contributed by atoms with Crippen LogP contribution in [0.4, 0.5) is 10.1 Å². The van der Waals surface area contributed by atoms with Gasteiger partial charge in [0.1, 0.15) is 17.4 Å². The first-order valence-electron chi connectivity index (χ1n) is 7.88. The number of nitriles is 1. The van der Waals surface area contributed by atoms with E-state index in [4.69, 9.17) is 10.2 Å². The van der Waals surface area contributed by atoms with Crippen molar-refractivity contribution in [1.29, 1.82) is 5.26 Å². The van der Waals surface area contributed by atoms with E-state index in [1.54, 1.807) is 12.1 Å². The van der Waals surface area contributed by atoms with E-state index in [1.165, 1.54) is 35.4 Å². The predicted molar refractivity (Wildman–Crippen MR) is 92.6 cm³/mol. The number of hydrogen-bond acceptors (Lipinski definition) is 6. The molecule has 0 bridgehead atoms. The van der Waals surface area contributed by atoms with Crippen LogP contribution in [0.5, 0.6) is 0 Å². The van der Waals surface area contributed by atoms with Gasteiger partial charge in [-0.2, -0.15) is 5.26 Å². The highest BCUT2D eigenvalue weighted by Gasteiger charge is 2.46. The monoisotopic (exact) mass is 371 g/mol. The summed E-state index contributed by atoms with van der Waals surface area (Å²) >= 11 is 0. The maximum atomic E-state index is 13.3. The molecule has 2 N–H and O–H groups in total. The standard InChI is InChI=1S/C18H14FN3O3S/c19-11-3-5-12(6-4-11)22-14-7-9-26(23,24)17(14)16(13(10-20)18(22)21)15-2-1-8-25-15/h1-6,8,16H,7,9,21H2. The molecule has 3 heterocycles. The second-order valence-corrected chi connectivity index (χ2v) is 8.13. The number of halogens is 1. The molecule has 0 radical (unpaired) electrons. The van der Waals surface area contributed by atoms with Crippen molar-refractivity contribution in [2.24, 2.45) is 5.73 Å². The highest BCUT2D eigenvalue weighted by atomic mass is 32.2. The largest absolute Gasteiger partial charge is 0.468 e. The van der Waals surface area contributed by atoms with Gasteiger partial charge in [-0.25, -0.2) is 12.8 Å². The molecule has 2 aliphatic rings. The minimum Gasteiger partial charge on any atom is -0.468 e. The average Bonchev–Trinajstić information content (AvgIpc) is 3.24. The van der Waals surface area contributed by atoms with Crippen LogP contribution >= 0.6 is 0 Å². The quantitative estimate of drug-likeness (QED) is 0.871. The Morgan fingerprint density at radius 1 is 1.27 bits per heavy atom. The lowest BCUT2D eigenvalue weighted by Crippen LogP contribution is -2.34. The molecule has 2 aliphatic heterocycles. The van der Waals surface area contributed by atoms with Gasteiger partial charge in [0.25, 0.3) is 0 Å². The first-order chi connectivity index (χ1) is 12.4. The lowest BCUT2D eigenvalue weighted by Gasteiger charge is -2.34. The number of anilines is 1. The molecule has 6 nitrogen and oxygen atoms in total. The van der Waals surface area contributed by atoms with Crippen LogP contribution in [0.1, 0.15) is 18.1 Å². The first-order valence-corrected chi connectivity index (χ1v) is 9.54. The fraction of sp³-hybridized carbons (Fsp3) is 0.167.